The zero-order chi connectivity index (χ0) is 16.7. The van der Waals surface area contributed by atoms with Crippen LogP contribution in [0.1, 0.15) is 42.4 Å². The Balaban J connectivity index is 1.92. The first kappa shape index (κ1) is 15.3. The fourth-order valence-corrected chi connectivity index (χ4v) is 4.28. The van der Waals surface area contributed by atoms with E-state index in [2.05, 4.69) is 13.0 Å². The highest BCUT2D eigenvalue weighted by Gasteiger charge is 2.30. The Morgan fingerprint density at radius 1 is 0.917 bits per heavy atom. The second-order valence-corrected chi connectivity index (χ2v) is 6.70. The van der Waals surface area contributed by atoms with Crippen molar-refractivity contribution in [1.29, 1.82) is 0 Å². The monoisotopic (exact) mass is 322 g/mol. The molecule has 2 atom stereocenters. The molecule has 0 bridgehead atoms. The summed E-state index contributed by atoms with van der Waals surface area (Å²) in [6, 6.07) is 16.2. The van der Waals surface area contributed by atoms with Crippen LogP contribution in [0, 0.1) is 17.6 Å². The predicted molar refractivity (Wildman–Crippen MR) is 94.3 cm³/mol. The molecule has 2 heteroatoms. The van der Waals surface area contributed by atoms with Gasteiger partial charge in [-0.25, -0.2) is 8.78 Å². The Morgan fingerprint density at radius 3 is 2.46 bits per heavy atom. The van der Waals surface area contributed by atoms with E-state index >= 15 is 0 Å². The van der Waals surface area contributed by atoms with Crippen molar-refractivity contribution in [3.63, 3.8) is 0 Å². The van der Waals surface area contributed by atoms with Gasteiger partial charge in [-0.15, -0.1) is 0 Å². The number of hydrogen-bond donors (Lipinski definition) is 0. The molecule has 3 aromatic rings. The lowest BCUT2D eigenvalue weighted by atomic mass is 9.70. The van der Waals surface area contributed by atoms with E-state index in [0.29, 0.717) is 11.3 Å². The molecule has 0 nitrogen and oxygen atoms in total. The number of aryl methyl sites for hydroxylation is 1. The van der Waals surface area contributed by atoms with Crippen molar-refractivity contribution in [2.75, 3.05) is 0 Å². The smallest absolute Gasteiger partial charge is 0.131 e. The lowest BCUT2D eigenvalue weighted by Crippen LogP contribution is -2.21. The largest absolute Gasteiger partial charge is 0.207 e. The number of halogens is 2. The molecule has 1 aliphatic carbocycles. The molecule has 0 saturated heterocycles. The average Bonchev–Trinajstić information content (AvgIpc) is 2.61. The van der Waals surface area contributed by atoms with Gasteiger partial charge in [0.2, 0.25) is 0 Å². The molecule has 0 aliphatic heterocycles. The van der Waals surface area contributed by atoms with E-state index in [4.69, 9.17) is 0 Å². The second-order valence-electron chi connectivity index (χ2n) is 6.70. The summed E-state index contributed by atoms with van der Waals surface area (Å²) in [4.78, 5) is 0. The minimum atomic E-state index is -0.205. The van der Waals surface area contributed by atoms with Crippen LogP contribution in [0.25, 0.3) is 10.8 Å². The highest BCUT2D eigenvalue weighted by molar-refractivity contribution is 5.88. The van der Waals surface area contributed by atoms with E-state index in [-0.39, 0.29) is 17.6 Å². The Bertz CT molecular complexity index is 880. The third-order valence-electron chi connectivity index (χ3n) is 5.48. The molecular weight excluding hydrogens is 302 g/mol. The number of benzene rings is 3. The lowest BCUT2D eigenvalue weighted by Gasteiger charge is -2.34. The average molecular weight is 322 g/mol. The summed E-state index contributed by atoms with van der Waals surface area (Å²) < 4.78 is 27.5. The maximum absolute atomic E-state index is 14.1. The van der Waals surface area contributed by atoms with Gasteiger partial charge in [0.15, 0.2) is 0 Å². The summed E-state index contributed by atoms with van der Waals surface area (Å²) in [7, 11) is 0. The summed E-state index contributed by atoms with van der Waals surface area (Å²) in [6.45, 7) is 2.22. The molecule has 0 saturated carbocycles. The molecule has 0 N–H and O–H groups in total. The van der Waals surface area contributed by atoms with E-state index in [1.165, 1.54) is 29.3 Å². The van der Waals surface area contributed by atoms with Crippen molar-refractivity contribution in [2.24, 2.45) is 5.92 Å². The molecule has 122 valence electrons. The van der Waals surface area contributed by atoms with Crippen molar-refractivity contribution in [1.82, 2.24) is 0 Å². The van der Waals surface area contributed by atoms with E-state index in [1.807, 2.05) is 24.3 Å². The second kappa shape index (κ2) is 6.01. The van der Waals surface area contributed by atoms with Gasteiger partial charge in [0.05, 0.1) is 0 Å². The molecule has 24 heavy (non-hydrogen) atoms. The van der Waals surface area contributed by atoms with Crippen LogP contribution >= 0.6 is 0 Å². The van der Waals surface area contributed by atoms with Gasteiger partial charge >= 0.3 is 0 Å². The van der Waals surface area contributed by atoms with E-state index in [0.717, 1.165) is 30.2 Å². The molecular formula is C22H20F2. The first-order valence-corrected chi connectivity index (χ1v) is 8.64. The first-order chi connectivity index (χ1) is 11.7. The third-order valence-corrected chi connectivity index (χ3v) is 5.48. The molecule has 0 unspecified atom stereocenters. The molecule has 0 heterocycles. The number of fused-ring (bicyclic) bond motifs is 3. The minimum Gasteiger partial charge on any atom is -0.207 e. The Labute approximate surface area is 141 Å². The van der Waals surface area contributed by atoms with Crippen molar-refractivity contribution >= 4 is 10.8 Å². The maximum atomic E-state index is 14.1. The Hall–Kier alpha value is -2.22. The quantitative estimate of drug-likeness (QED) is 0.525. The van der Waals surface area contributed by atoms with Gasteiger partial charge < -0.3 is 0 Å². The van der Waals surface area contributed by atoms with Crippen molar-refractivity contribution in [3.8, 4) is 0 Å². The molecule has 0 spiro atoms. The number of hydrogen-bond acceptors (Lipinski definition) is 0. The summed E-state index contributed by atoms with van der Waals surface area (Å²) in [5.74, 6) is 0.427. The summed E-state index contributed by atoms with van der Waals surface area (Å²) in [6.07, 6.45) is 3.15. The molecule has 0 aromatic heterocycles. The van der Waals surface area contributed by atoms with Crippen LogP contribution in [0.5, 0.6) is 0 Å². The van der Waals surface area contributed by atoms with Crippen LogP contribution in [-0.2, 0) is 6.42 Å². The van der Waals surface area contributed by atoms with Crippen LogP contribution in [0.2, 0.25) is 0 Å². The summed E-state index contributed by atoms with van der Waals surface area (Å²) >= 11 is 0. The fourth-order valence-electron chi connectivity index (χ4n) is 4.28. The number of rotatable bonds is 2. The minimum absolute atomic E-state index is 0.161. The van der Waals surface area contributed by atoms with Gasteiger partial charge in [-0.1, -0.05) is 49.7 Å². The van der Waals surface area contributed by atoms with Gasteiger partial charge in [-0.2, -0.15) is 0 Å². The topological polar surface area (TPSA) is 0 Å². The highest BCUT2D eigenvalue weighted by Crippen LogP contribution is 2.44. The molecule has 0 amide bonds. The summed E-state index contributed by atoms with van der Waals surface area (Å²) in [5.41, 5.74) is 3.68. The van der Waals surface area contributed by atoms with Gasteiger partial charge in [0.25, 0.3) is 0 Å². The van der Waals surface area contributed by atoms with Crippen molar-refractivity contribution in [3.05, 3.63) is 82.9 Å². The lowest BCUT2D eigenvalue weighted by molar-refractivity contribution is 0.398. The molecule has 0 fully saturated rings. The Kier molecular flexibility index (Phi) is 3.84. The van der Waals surface area contributed by atoms with Gasteiger partial charge in [0.1, 0.15) is 11.6 Å². The molecule has 3 aromatic carbocycles. The molecule has 1 aliphatic rings. The van der Waals surface area contributed by atoms with E-state index < -0.39 is 0 Å². The summed E-state index contributed by atoms with van der Waals surface area (Å²) in [5, 5.41) is 1.72. The van der Waals surface area contributed by atoms with Gasteiger partial charge in [-0.05, 0) is 59.0 Å². The van der Waals surface area contributed by atoms with Crippen LogP contribution < -0.4 is 0 Å². The predicted octanol–water partition coefficient (Wildman–Crippen LogP) is 6.22. The fraction of sp³-hybridized carbons (Fsp3) is 0.273. The third kappa shape index (κ3) is 2.41. The van der Waals surface area contributed by atoms with Crippen LogP contribution in [0.15, 0.2) is 54.6 Å². The maximum Gasteiger partial charge on any atom is 0.131 e. The van der Waals surface area contributed by atoms with E-state index in [1.54, 1.807) is 6.07 Å². The SMILES string of the molecule is CC[C@@H]1CCc2c(ccc3c(F)cccc23)[C@H]1c1ccc(F)cc1. The van der Waals surface area contributed by atoms with Crippen molar-refractivity contribution in [2.45, 2.75) is 32.1 Å². The first-order valence-electron chi connectivity index (χ1n) is 8.64. The molecule has 0 radical (unpaired) electrons. The van der Waals surface area contributed by atoms with Crippen molar-refractivity contribution < 1.29 is 8.78 Å². The highest BCUT2D eigenvalue weighted by atomic mass is 19.1. The van der Waals surface area contributed by atoms with Crippen LogP contribution in [0.3, 0.4) is 0 Å². The van der Waals surface area contributed by atoms with E-state index in [9.17, 15) is 8.78 Å². The van der Waals surface area contributed by atoms with Gasteiger partial charge in [0, 0.05) is 11.3 Å². The Morgan fingerprint density at radius 2 is 1.71 bits per heavy atom. The normalized spacial score (nSPS) is 20.1. The van der Waals surface area contributed by atoms with Gasteiger partial charge in [-0.3, -0.25) is 0 Å². The zero-order valence-electron chi connectivity index (χ0n) is 13.7. The van der Waals surface area contributed by atoms with Crippen LogP contribution in [-0.4, -0.2) is 0 Å². The van der Waals surface area contributed by atoms with Crippen LogP contribution in [0.4, 0.5) is 8.78 Å². The molecule has 4 rings (SSSR count). The standard InChI is InChI=1S/C22H20F2/c1-2-14-8-11-18-17-4-3-5-21(24)19(17)12-13-20(18)22(14)15-6-9-16(23)10-7-15/h3-7,9-10,12-14,22H,2,8,11H2,1H3/t14-,22-/m1/s1. The zero-order valence-corrected chi connectivity index (χ0v) is 13.7.